The van der Waals surface area contributed by atoms with E-state index in [-0.39, 0.29) is 5.60 Å². The number of ether oxygens (including phenoxy) is 1. The number of nitriles is 1. The van der Waals surface area contributed by atoms with E-state index in [1.54, 1.807) is 13.2 Å². The molecular weight excluding hydrogens is 114 g/mol. The summed E-state index contributed by atoms with van der Waals surface area (Å²) < 4.78 is 5.00. The van der Waals surface area contributed by atoms with Gasteiger partial charge in [0.2, 0.25) is 0 Å². The summed E-state index contributed by atoms with van der Waals surface area (Å²) in [6.45, 7) is 3.78. The predicted octanol–water partition coefficient (Wildman–Crippen LogP) is 1.49. The Labute approximate surface area is 55.7 Å². The molecule has 2 nitrogen and oxygen atoms in total. The van der Waals surface area contributed by atoms with Crippen molar-refractivity contribution in [2.24, 2.45) is 0 Å². The average molecular weight is 125 g/mol. The van der Waals surface area contributed by atoms with E-state index in [1.807, 2.05) is 19.9 Å². The van der Waals surface area contributed by atoms with Gasteiger partial charge in [-0.3, -0.25) is 0 Å². The van der Waals surface area contributed by atoms with Crippen LogP contribution in [0.4, 0.5) is 0 Å². The van der Waals surface area contributed by atoms with Crippen molar-refractivity contribution in [3.8, 4) is 6.07 Å². The van der Waals surface area contributed by atoms with Gasteiger partial charge in [0.05, 0.1) is 11.7 Å². The molecule has 0 saturated carbocycles. The van der Waals surface area contributed by atoms with E-state index in [0.717, 1.165) is 0 Å². The molecule has 0 aliphatic carbocycles. The fourth-order valence-electron chi connectivity index (χ4n) is 0.306. The summed E-state index contributed by atoms with van der Waals surface area (Å²) in [6, 6.07) is 1.90. The molecule has 0 saturated heterocycles. The van der Waals surface area contributed by atoms with Gasteiger partial charge in [0.15, 0.2) is 0 Å². The predicted molar refractivity (Wildman–Crippen MR) is 35.8 cm³/mol. The highest BCUT2D eigenvalue weighted by Gasteiger charge is 2.09. The molecule has 0 aromatic heterocycles. The topological polar surface area (TPSA) is 33.0 Å². The molecule has 50 valence electrons. The van der Waals surface area contributed by atoms with Gasteiger partial charge in [-0.15, -0.1) is 0 Å². The maximum Gasteiger partial charge on any atom is 0.0909 e. The van der Waals surface area contributed by atoms with Gasteiger partial charge in [-0.25, -0.2) is 0 Å². The lowest BCUT2D eigenvalue weighted by molar-refractivity contribution is 0.0656. The van der Waals surface area contributed by atoms with Crippen LogP contribution in [0.3, 0.4) is 0 Å². The Balaban J connectivity index is 3.89. The summed E-state index contributed by atoms with van der Waals surface area (Å²) in [6.07, 6.45) is 3.14. The minimum Gasteiger partial charge on any atom is -0.375 e. The maximum atomic E-state index is 8.13. The third kappa shape index (κ3) is 3.75. The normalized spacial score (nSPS) is 11.8. The van der Waals surface area contributed by atoms with Crippen LogP contribution in [-0.2, 0) is 4.74 Å². The van der Waals surface area contributed by atoms with Crippen molar-refractivity contribution in [3.05, 3.63) is 12.2 Å². The number of methoxy groups -OCH3 is 1. The first-order chi connectivity index (χ1) is 4.12. The zero-order valence-corrected chi connectivity index (χ0v) is 6.01. The number of allylic oxidation sites excluding steroid dienone is 1. The lowest BCUT2D eigenvalue weighted by Crippen LogP contribution is -2.18. The molecule has 0 N–H and O–H groups in total. The number of hydrogen-bond acceptors (Lipinski definition) is 2. The van der Waals surface area contributed by atoms with Gasteiger partial charge in [-0.2, -0.15) is 5.26 Å². The Morgan fingerprint density at radius 1 is 1.56 bits per heavy atom. The first-order valence-corrected chi connectivity index (χ1v) is 2.75. The van der Waals surface area contributed by atoms with Crippen molar-refractivity contribution in [2.75, 3.05) is 7.11 Å². The van der Waals surface area contributed by atoms with Crippen molar-refractivity contribution >= 4 is 0 Å². The monoisotopic (exact) mass is 125 g/mol. The summed E-state index contributed by atoms with van der Waals surface area (Å²) in [5.41, 5.74) is -0.310. The van der Waals surface area contributed by atoms with Gasteiger partial charge in [0.1, 0.15) is 0 Å². The fraction of sp³-hybridized carbons (Fsp3) is 0.571. The molecule has 0 aromatic carbocycles. The van der Waals surface area contributed by atoms with Crippen LogP contribution in [0.15, 0.2) is 12.2 Å². The Morgan fingerprint density at radius 2 is 2.11 bits per heavy atom. The summed E-state index contributed by atoms with van der Waals surface area (Å²) in [5, 5.41) is 8.13. The van der Waals surface area contributed by atoms with Crippen LogP contribution in [0.5, 0.6) is 0 Å². The highest BCUT2D eigenvalue weighted by molar-refractivity contribution is 5.08. The van der Waals surface area contributed by atoms with Crippen LogP contribution in [0.25, 0.3) is 0 Å². The van der Waals surface area contributed by atoms with E-state index in [2.05, 4.69) is 0 Å². The van der Waals surface area contributed by atoms with E-state index in [4.69, 9.17) is 10.00 Å². The minimum absolute atomic E-state index is 0.310. The highest BCUT2D eigenvalue weighted by atomic mass is 16.5. The molecular formula is C7H11NO. The van der Waals surface area contributed by atoms with Gasteiger partial charge in [-0.1, -0.05) is 0 Å². The lowest BCUT2D eigenvalue weighted by Gasteiger charge is -2.16. The zero-order chi connectivity index (χ0) is 7.33. The largest absolute Gasteiger partial charge is 0.375 e. The van der Waals surface area contributed by atoms with Crippen molar-refractivity contribution in [1.82, 2.24) is 0 Å². The smallest absolute Gasteiger partial charge is 0.0909 e. The third-order valence-corrected chi connectivity index (χ3v) is 1.09. The van der Waals surface area contributed by atoms with E-state index in [1.165, 1.54) is 6.08 Å². The van der Waals surface area contributed by atoms with Crippen LogP contribution in [0.1, 0.15) is 13.8 Å². The van der Waals surface area contributed by atoms with Crippen molar-refractivity contribution in [3.63, 3.8) is 0 Å². The van der Waals surface area contributed by atoms with E-state index in [9.17, 15) is 0 Å². The maximum absolute atomic E-state index is 8.13. The molecule has 0 heterocycles. The Morgan fingerprint density at radius 3 is 2.44 bits per heavy atom. The van der Waals surface area contributed by atoms with Crippen LogP contribution in [0, 0.1) is 11.3 Å². The van der Waals surface area contributed by atoms with Crippen LogP contribution >= 0.6 is 0 Å². The number of rotatable bonds is 2. The number of nitrogens with zero attached hydrogens (tertiary/aromatic N) is 1. The molecule has 0 aliphatic rings. The summed E-state index contributed by atoms with van der Waals surface area (Å²) >= 11 is 0. The van der Waals surface area contributed by atoms with E-state index in [0.29, 0.717) is 0 Å². The Bertz CT molecular complexity index is 141. The first-order valence-electron chi connectivity index (χ1n) is 2.75. The Kier molecular flexibility index (Phi) is 2.97. The first kappa shape index (κ1) is 8.19. The molecule has 0 radical (unpaired) electrons. The molecule has 0 aliphatic heterocycles. The Hall–Kier alpha value is -0.810. The van der Waals surface area contributed by atoms with Gasteiger partial charge in [-0.05, 0) is 19.9 Å². The van der Waals surface area contributed by atoms with Crippen LogP contribution in [0.2, 0.25) is 0 Å². The molecule has 0 spiro atoms. The zero-order valence-electron chi connectivity index (χ0n) is 6.01. The number of hydrogen-bond donors (Lipinski definition) is 0. The van der Waals surface area contributed by atoms with Crippen LogP contribution < -0.4 is 0 Å². The minimum atomic E-state index is -0.310. The summed E-state index contributed by atoms with van der Waals surface area (Å²) in [5.74, 6) is 0. The van der Waals surface area contributed by atoms with E-state index < -0.39 is 0 Å². The highest BCUT2D eigenvalue weighted by Crippen LogP contribution is 2.07. The quantitative estimate of drug-likeness (QED) is 0.524. The molecule has 0 atom stereocenters. The SMILES string of the molecule is COC(C)(C)/C=C/C#N. The standard InChI is InChI=1S/C7H11NO/c1-7(2,9-3)5-4-6-8/h4-5H,1-3H3/b5-4+. The molecule has 9 heavy (non-hydrogen) atoms. The molecule has 0 fully saturated rings. The van der Waals surface area contributed by atoms with Gasteiger partial charge in [0.25, 0.3) is 0 Å². The molecule has 0 aromatic rings. The van der Waals surface area contributed by atoms with Gasteiger partial charge < -0.3 is 4.74 Å². The molecule has 2 heteroatoms. The van der Waals surface area contributed by atoms with Crippen LogP contribution in [-0.4, -0.2) is 12.7 Å². The molecule has 0 rings (SSSR count). The van der Waals surface area contributed by atoms with Crippen molar-refractivity contribution in [1.29, 1.82) is 5.26 Å². The lowest BCUT2D eigenvalue weighted by atomic mass is 10.1. The average Bonchev–Trinajstić information content (AvgIpc) is 1.84. The van der Waals surface area contributed by atoms with Crippen molar-refractivity contribution < 1.29 is 4.74 Å². The van der Waals surface area contributed by atoms with Gasteiger partial charge in [0, 0.05) is 13.2 Å². The summed E-state index contributed by atoms with van der Waals surface area (Å²) in [7, 11) is 1.61. The van der Waals surface area contributed by atoms with Gasteiger partial charge >= 0.3 is 0 Å². The fourth-order valence-corrected chi connectivity index (χ4v) is 0.306. The second kappa shape index (κ2) is 3.26. The molecule has 0 unspecified atom stereocenters. The summed E-state index contributed by atoms with van der Waals surface area (Å²) in [4.78, 5) is 0. The molecule has 0 bridgehead atoms. The van der Waals surface area contributed by atoms with E-state index >= 15 is 0 Å². The second-order valence-electron chi connectivity index (χ2n) is 2.27. The third-order valence-electron chi connectivity index (χ3n) is 1.09. The second-order valence-corrected chi connectivity index (χ2v) is 2.27. The molecule has 0 amide bonds. The van der Waals surface area contributed by atoms with Crippen molar-refractivity contribution in [2.45, 2.75) is 19.4 Å².